The molecule has 1 aliphatic carbocycles. The number of carbonyl (C=O) groups is 2. The molecule has 0 radical (unpaired) electrons. The maximum Gasteiger partial charge on any atom is 0.264 e. The summed E-state index contributed by atoms with van der Waals surface area (Å²) < 4.78 is 49.6. The molecule has 0 bridgehead atoms. The molecule has 1 saturated carbocycles. The summed E-state index contributed by atoms with van der Waals surface area (Å²) in [5, 5.41) is 3.04. The number of carbonyl (C=O) groups excluding carboxylic acids is 2. The van der Waals surface area contributed by atoms with E-state index in [1.807, 2.05) is 6.92 Å². The van der Waals surface area contributed by atoms with Gasteiger partial charge in [0.25, 0.3) is 10.0 Å². The number of anilines is 1. The van der Waals surface area contributed by atoms with Crippen LogP contribution < -0.4 is 14.4 Å². The van der Waals surface area contributed by atoms with Crippen molar-refractivity contribution in [2.75, 3.05) is 18.0 Å². The minimum atomic E-state index is -4.27. The zero-order valence-electron chi connectivity index (χ0n) is 24.6. The molecular formula is C32H37BrFN3O5S. The fraction of sp³-hybridized carbons (Fsp3) is 0.375. The number of ether oxygens (including phenoxy) is 1. The quantitative estimate of drug-likeness (QED) is 0.271. The van der Waals surface area contributed by atoms with Crippen molar-refractivity contribution in [1.82, 2.24) is 10.2 Å². The van der Waals surface area contributed by atoms with Gasteiger partial charge in [-0.2, -0.15) is 0 Å². The van der Waals surface area contributed by atoms with Crippen LogP contribution in [0.15, 0.2) is 76.1 Å². The molecule has 0 aromatic heterocycles. The van der Waals surface area contributed by atoms with Gasteiger partial charge < -0.3 is 15.0 Å². The first kappa shape index (κ1) is 32.5. The molecule has 0 saturated heterocycles. The number of sulfonamides is 1. The molecule has 3 aromatic rings. The molecule has 8 nitrogen and oxygen atoms in total. The highest BCUT2D eigenvalue weighted by molar-refractivity contribution is 9.10. The number of nitrogens with one attached hydrogen (secondary N) is 1. The third-order valence-corrected chi connectivity index (χ3v) is 10.1. The normalized spacial score (nSPS) is 14.5. The van der Waals surface area contributed by atoms with E-state index in [9.17, 15) is 22.4 Å². The summed E-state index contributed by atoms with van der Waals surface area (Å²) in [6.07, 6.45) is 4.87. The lowest BCUT2D eigenvalue weighted by molar-refractivity contribution is -0.139. The second kappa shape index (κ2) is 14.4. The van der Waals surface area contributed by atoms with E-state index in [2.05, 4.69) is 21.2 Å². The molecule has 1 aliphatic rings. The molecule has 230 valence electrons. The minimum absolute atomic E-state index is 0.00654. The van der Waals surface area contributed by atoms with Gasteiger partial charge in [-0.05, 0) is 79.0 Å². The van der Waals surface area contributed by atoms with Crippen molar-refractivity contribution in [3.63, 3.8) is 0 Å². The van der Waals surface area contributed by atoms with Crippen LogP contribution in [0.5, 0.6) is 5.75 Å². The average molecular weight is 675 g/mol. The largest absolute Gasteiger partial charge is 0.496 e. The first-order chi connectivity index (χ1) is 20.5. The van der Waals surface area contributed by atoms with Gasteiger partial charge in [0.15, 0.2) is 0 Å². The van der Waals surface area contributed by atoms with Gasteiger partial charge in [-0.15, -0.1) is 0 Å². The van der Waals surface area contributed by atoms with E-state index in [1.54, 1.807) is 49.4 Å². The number of hydrogen-bond acceptors (Lipinski definition) is 5. The van der Waals surface area contributed by atoms with Gasteiger partial charge in [-0.1, -0.05) is 55.2 Å². The van der Waals surface area contributed by atoms with Crippen LogP contribution >= 0.6 is 15.9 Å². The van der Waals surface area contributed by atoms with Crippen LogP contribution in [0, 0.1) is 12.7 Å². The summed E-state index contributed by atoms with van der Waals surface area (Å²) in [6, 6.07) is 16.2. The number of halogens is 2. The Balaban J connectivity index is 1.70. The number of nitrogens with zero attached hydrogens (tertiary/aromatic N) is 2. The third-order valence-electron chi connectivity index (χ3n) is 7.73. The van der Waals surface area contributed by atoms with Crippen LogP contribution in [0.1, 0.15) is 50.2 Å². The number of benzene rings is 3. The van der Waals surface area contributed by atoms with E-state index in [4.69, 9.17) is 4.74 Å². The number of amides is 2. The fourth-order valence-electron chi connectivity index (χ4n) is 5.14. The van der Waals surface area contributed by atoms with Gasteiger partial charge >= 0.3 is 0 Å². The minimum Gasteiger partial charge on any atom is -0.496 e. The Morgan fingerprint density at radius 3 is 2.35 bits per heavy atom. The SMILES string of the molecule is COc1ccc(S(=O)(=O)N(CC(=O)N(Cc2ccccc2F)[C@H](C)C(=O)NC2CCCCC2)c2ccc(C)cc2)cc1Br. The summed E-state index contributed by atoms with van der Waals surface area (Å²) in [6.45, 7) is 2.64. The van der Waals surface area contributed by atoms with Gasteiger partial charge in [0.2, 0.25) is 11.8 Å². The summed E-state index contributed by atoms with van der Waals surface area (Å²) in [5.41, 5.74) is 1.40. The molecule has 0 spiro atoms. The number of methoxy groups -OCH3 is 1. The van der Waals surface area contributed by atoms with Crippen LogP contribution in [-0.4, -0.2) is 50.9 Å². The number of aryl methyl sites for hydroxylation is 1. The first-order valence-electron chi connectivity index (χ1n) is 14.3. The first-order valence-corrected chi connectivity index (χ1v) is 16.5. The Kier molecular flexibility index (Phi) is 10.8. The molecule has 1 fully saturated rings. The molecule has 43 heavy (non-hydrogen) atoms. The zero-order valence-corrected chi connectivity index (χ0v) is 27.0. The summed E-state index contributed by atoms with van der Waals surface area (Å²) in [4.78, 5) is 28.7. The maximum atomic E-state index is 14.8. The van der Waals surface area contributed by atoms with Gasteiger partial charge in [0.1, 0.15) is 24.2 Å². The second-order valence-electron chi connectivity index (χ2n) is 10.8. The third kappa shape index (κ3) is 7.94. The van der Waals surface area contributed by atoms with E-state index in [1.165, 1.54) is 36.3 Å². The van der Waals surface area contributed by atoms with Crippen molar-refractivity contribution in [3.05, 3.63) is 88.1 Å². The van der Waals surface area contributed by atoms with Gasteiger partial charge in [-0.25, -0.2) is 12.8 Å². The van der Waals surface area contributed by atoms with E-state index in [-0.39, 0.29) is 34.6 Å². The van der Waals surface area contributed by atoms with Gasteiger partial charge in [0.05, 0.1) is 22.2 Å². The van der Waals surface area contributed by atoms with Crippen molar-refractivity contribution in [3.8, 4) is 5.75 Å². The fourth-order valence-corrected chi connectivity index (χ4v) is 7.27. The maximum absolute atomic E-state index is 14.8. The molecule has 2 amide bonds. The Hall–Kier alpha value is -3.44. The van der Waals surface area contributed by atoms with E-state index in [0.717, 1.165) is 42.0 Å². The topological polar surface area (TPSA) is 96.0 Å². The molecule has 11 heteroatoms. The lowest BCUT2D eigenvalue weighted by atomic mass is 9.95. The highest BCUT2D eigenvalue weighted by Crippen LogP contribution is 2.31. The molecule has 0 unspecified atom stereocenters. The van der Waals surface area contributed by atoms with Gasteiger partial charge in [-0.3, -0.25) is 13.9 Å². The zero-order chi connectivity index (χ0) is 31.1. The second-order valence-corrected chi connectivity index (χ2v) is 13.5. The molecule has 1 atom stereocenters. The highest BCUT2D eigenvalue weighted by Gasteiger charge is 2.34. The molecule has 1 N–H and O–H groups in total. The van der Waals surface area contributed by atoms with Gasteiger partial charge in [0, 0.05) is 18.2 Å². The van der Waals surface area contributed by atoms with Crippen LogP contribution in [0.4, 0.5) is 10.1 Å². The molecular weight excluding hydrogens is 637 g/mol. The highest BCUT2D eigenvalue weighted by atomic mass is 79.9. The van der Waals surface area contributed by atoms with Crippen molar-refractivity contribution < 1.29 is 27.1 Å². The standard InChI is InChI=1S/C32H37BrFN3O5S/c1-22-13-15-26(16-14-22)37(43(40,41)27-17-18-30(42-3)28(33)19-27)21-31(38)36(20-24-9-7-8-12-29(24)34)23(2)32(39)35-25-10-5-4-6-11-25/h7-9,12-19,23,25H,4-6,10-11,20-21H2,1-3H3,(H,35,39)/t23-/m1/s1. The van der Waals surface area contributed by atoms with Crippen LogP contribution in [0.2, 0.25) is 0 Å². The summed E-state index contributed by atoms with van der Waals surface area (Å²) >= 11 is 3.35. The Morgan fingerprint density at radius 2 is 1.72 bits per heavy atom. The molecule has 0 heterocycles. The van der Waals surface area contributed by atoms with E-state index >= 15 is 0 Å². The number of rotatable bonds is 11. The summed E-state index contributed by atoms with van der Waals surface area (Å²) in [5.74, 6) is -1.08. The van der Waals surface area contributed by atoms with Crippen molar-refractivity contribution in [2.45, 2.75) is 69.5 Å². The smallest absolute Gasteiger partial charge is 0.264 e. The Labute approximate surface area is 261 Å². The lowest BCUT2D eigenvalue weighted by Gasteiger charge is -2.33. The predicted molar refractivity (Wildman–Crippen MR) is 168 cm³/mol. The van der Waals surface area contributed by atoms with Crippen LogP contribution in [0.3, 0.4) is 0 Å². The average Bonchev–Trinajstić information content (AvgIpc) is 3.00. The van der Waals surface area contributed by atoms with Crippen LogP contribution in [-0.2, 0) is 26.2 Å². The lowest BCUT2D eigenvalue weighted by Crippen LogP contribution is -2.53. The van der Waals surface area contributed by atoms with Crippen molar-refractivity contribution in [1.29, 1.82) is 0 Å². The van der Waals surface area contributed by atoms with E-state index in [0.29, 0.717) is 10.2 Å². The molecule has 0 aliphatic heterocycles. The van der Waals surface area contributed by atoms with Crippen molar-refractivity contribution >= 4 is 43.5 Å². The monoisotopic (exact) mass is 673 g/mol. The predicted octanol–water partition coefficient (Wildman–Crippen LogP) is 5.97. The van der Waals surface area contributed by atoms with Crippen LogP contribution in [0.25, 0.3) is 0 Å². The number of hydrogen-bond donors (Lipinski definition) is 1. The van der Waals surface area contributed by atoms with Crippen molar-refractivity contribution in [2.24, 2.45) is 0 Å². The molecule has 4 rings (SSSR count). The van der Waals surface area contributed by atoms with E-state index < -0.39 is 34.3 Å². The summed E-state index contributed by atoms with van der Waals surface area (Å²) in [7, 11) is -2.79. The Morgan fingerprint density at radius 1 is 1.05 bits per heavy atom. The Bertz CT molecular complexity index is 1540. The molecule has 3 aromatic carbocycles.